The van der Waals surface area contributed by atoms with Gasteiger partial charge in [0.2, 0.25) is 0 Å². The monoisotopic (exact) mass is 375 g/mol. The van der Waals surface area contributed by atoms with E-state index in [0.717, 1.165) is 28.0 Å². The fraction of sp³-hybridized carbons (Fsp3) is 0. The van der Waals surface area contributed by atoms with Gasteiger partial charge in [-0.15, -0.1) is 12.8 Å². The highest BCUT2D eigenvalue weighted by molar-refractivity contribution is 5.85. The van der Waals surface area contributed by atoms with E-state index in [-0.39, 0.29) is 0 Å². The second kappa shape index (κ2) is 7.64. The van der Waals surface area contributed by atoms with E-state index in [2.05, 4.69) is 22.5 Å². The Hall–Kier alpha value is -4.48. The molecule has 4 aromatic rings. The lowest BCUT2D eigenvalue weighted by atomic mass is 10.2. The number of nitrogens with one attached hydrogen (secondary N) is 2. The molecule has 0 saturated carbocycles. The molecular weight excluding hydrogens is 358 g/mol. The fourth-order valence-electron chi connectivity index (χ4n) is 2.89. The number of nitrogen functional groups attached to an aromatic ring is 1. The molecule has 29 heavy (non-hydrogen) atoms. The van der Waals surface area contributed by atoms with E-state index in [4.69, 9.17) is 28.5 Å². The van der Waals surface area contributed by atoms with Crippen LogP contribution in [-0.2, 0) is 0 Å². The zero-order valence-corrected chi connectivity index (χ0v) is 15.5. The third-order valence-corrected chi connectivity index (χ3v) is 4.27. The van der Waals surface area contributed by atoms with Gasteiger partial charge in [-0.05, 0) is 54.6 Å². The molecule has 0 bridgehead atoms. The topological polar surface area (TPSA) is 75.9 Å². The number of hydrogen-bond donors (Lipinski definition) is 3. The molecule has 0 fully saturated rings. The first-order valence-corrected chi connectivity index (χ1v) is 8.89. The van der Waals surface area contributed by atoms with Crippen LogP contribution in [0.5, 0.6) is 0 Å². The van der Waals surface area contributed by atoms with Gasteiger partial charge in [-0.3, -0.25) is 0 Å². The molecule has 3 aromatic carbocycles. The van der Waals surface area contributed by atoms with Gasteiger partial charge in [-0.2, -0.15) is 0 Å². The Kier molecular flexibility index (Phi) is 4.72. The summed E-state index contributed by atoms with van der Waals surface area (Å²) < 4.78 is 0. The minimum absolute atomic E-state index is 0.545. The van der Waals surface area contributed by atoms with Gasteiger partial charge in [0, 0.05) is 28.2 Å². The van der Waals surface area contributed by atoms with Crippen LogP contribution >= 0.6 is 0 Å². The highest BCUT2D eigenvalue weighted by atomic mass is 15.1. The van der Waals surface area contributed by atoms with Crippen LogP contribution < -0.4 is 16.4 Å². The summed E-state index contributed by atoms with van der Waals surface area (Å²) in [5, 5.41) is 6.59. The first kappa shape index (κ1) is 17.9. The summed E-state index contributed by atoms with van der Waals surface area (Å²) in [6.07, 6.45) is 11.0. The predicted octanol–water partition coefficient (Wildman–Crippen LogP) is 4.66. The van der Waals surface area contributed by atoms with Crippen LogP contribution in [0.2, 0.25) is 0 Å². The van der Waals surface area contributed by atoms with Crippen molar-refractivity contribution in [2.45, 2.75) is 0 Å². The Morgan fingerprint density at radius 1 is 0.690 bits per heavy atom. The van der Waals surface area contributed by atoms with Crippen molar-refractivity contribution in [2.75, 3.05) is 16.4 Å². The van der Waals surface area contributed by atoms with Crippen molar-refractivity contribution < 1.29 is 0 Å². The number of aromatic nitrogens is 2. The van der Waals surface area contributed by atoms with E-state index in [0.29, 0.717) is 22.8 Å². The smallest absolute Gasteiger partial charge is 0.174 e. The lowest BCUT2D eigenvalue weighted by Crippen LogP contribution is -2.04. The van der Waals surface area contributed by atoms with Gasteiger partial charge >= 0.3 is 0 Å². The molecule has 1 aromatic heterocycles. The lowest BCUT2D eigenvalue weighted by molar-refractivity contribution is 1.27. The van der Waals surface area contributed by atoms with Crippen LogP contribution in [0.15, 0.2) is 66.7 Å². The molecule has 0 aliphatic rings. The molecule has 0 unspecified atom stereocenters. The predicted molar refractivity (Wildman–Crippen MR) is 119 cm³/mol. The highest BCUT2D eigenvalue weighted by Crippen LogP contribution is 2.28. The van der Waals surface area contributed by atoms with Crippen LogP contribution in [-0.4, -0.2) is 9.97 Å². The third kappa shape index (κ3) is 3.95. The van der Waals surface area contributed by atoms with E-state index in [1.165, 1.54) is 0 Å². The quantitative estimate of drug-likeness (QED) is 0.357. The van der Waals surface area contributed by atoms with Crippen molar-refractivity contribution in [3.05, 3.63) is 77.9 Å². The molecule has 138 valence electrons. The summed E-state index contributed by atoms with van der Waals surface area (Å²) in [5.74, 6) is 6.36. The number of terminal acetylenes is 2. The van der Waals surface area contributed by atoms with Gasteiger partial charge in [0.05, 0.1) is 11.0 Å². The minimum Gasteiger partial charge on any atom is -0.399 e. The first-order chi connectivity index (χ1) is 14.1. The summed E-state index contributed by atoms with van der Waals surface area (Å²) in [6, 6.07) is 20.5. The van der Waals surface area contributed by atoms with Crippen molar-refractivity contribution >= 4 is 39.7 Å². The standard InChI is InChI=1S/C24H17N5/c1-3-16-7-5-9-19(13-16)26-23-24(27-20-10-6-8-17(4-2)14-20)29-22-15-18(25)11-12-21(22)28-23/h1-2,5-15H,25H2,(H,26,28)(H,27,29). The lowest BCUT2D eigenvalue weighted by Gasteiger charge is -2.14. The summed E-state index contributed by atoms with van der Waals surface area (Å²) in [4.78, 5) is 9.44. The number of rotatable bonds is 4. The van der Waals surface area contributed by atoms with E-state index in [9.17, 15) is 0 Å². The normalized spacial score (nSPS) is 10.1. The van der Waals surface area contributed by atoms with Crippen molar-refractivity contribution in [1.29, 1.82) is 0 Å². The number of anilines is 5. The Balaban J connectivity index is 1.80. The van der Waals surface area contributed by atoms with Crippen LogP contribution in [0, 0.1) is 24.7 Å². The SMILES string of the molecule is C#Cc1cccc(Nc2nc3ccc(N)cc3nc2Nc2cccc(C#C)c2)c1. The average molecular weight is 375 g/mol. The zero-order chi connectivity index (χ0) is 20.2. The third-order valence-electron chi connectivity index (χ3n) is 4.27. The molecular formula is C24H17N5. The van der Waals surface area contributed by atoms with Crippen molar-refractivity contribution in [3.63, 3.8) is 0 Å². The molecule has 0 aliphatic carbocycles. The number of nitrogens with zero attached hydrogens (tertiary/aromatic N) is 2. The van der Waals surface area contributed by atoms with Crippen LogP contribution in [0.4, 0.5) is 28.7 Å². The largest absolute Gasteiger partial charge is 0.399 e. The molecule has 4 rings (SSSR count). The van der Waals surface area contributed by atoms with Gasteiger partial charge in [0.1, 0.15) is 0 Å². The highest BCUT2D eigenvalue weighted by Gasteiger charge is 2.11. The number of benzene rings is 3. The molecule has 4 N–H and O–H groups in total. The number of nitrogens with two attached hydrogens (primary N) is 1. The number of fused-ring (bicyclic) bond motifs is 1. The van der Waals surface area contributed by atoms with Crippen molar-refractivity contribution in [2.24, 2.45) is 0 Å². The van der Waals surface area contributed by atoms with Crippen LogP contribution in [0.25, 0.3) is 11.0 Å². The summed E-state index contributed by atoms with van der Waals surface area (Å²) in [7, 11) is 0. The molecule has 0 saturated heterocycles. The van der Waals surface area contributed by atoms with E-state index in [1.54, 1.807) is 12.1 Å². The van der Waals surface area contributed by atoms with Gasteiger partial charge in [-0.25, -0.2) is 9.97 Å². The van der Waals surface area contributed by atoms with E-state index in [1.807, 2.05) is 54.6 Å². The van der Waals surface area contributed by atoms with Gasteiger partial charge in [0.25, 0.3) is 0 Å². The summed E-state index contributed by atoms with van der Waals surface area (Å²) in [5.41, 5.74) is 11.1. The van der Waals surface area contributed by atoms with E-state index < -0.39 is 0 Å². The molecule has 0 amide bonds. The molecule has 0 atom stereocenters. The summed E-state index contributed by atoms with van der Waals surface area (Å²) >= 11 is 0. The molecule has 1 heterocycles. The molecule has 5 nitrogen and oxygen atoms in total. The minimum atomic E-state index is 0.545. The maximum absolute atomic E-state index is 5.91. The van der Waals surface area contributed by atoms with Crippen molar-refractivity contribution in [1.82, 2.24) is 9.97 Å². The van der Waals surface area contributed by atoms with Crippen LogP contribution in [0.1, 0.15) is 11.1 Å². The maximum atomic E-state index is 5.91. The Bertz CT molecular complexity index is 1290. The molecule has 0 radical (unpaired) electrons. The van der Waals surface area contributed by atoms with Gasteiger partial charge < -0.3 is 16.4 Å². The van der Waals surface area contributed by atoms with Gasteiger partial charge in [-0.1, -0.05) is 24.0 Å². The maximum Gasteiger partial charge on any atom is 0.174 e. The second-order valence-corrected chi connectivity index (χ2v) is 6.37. The molecule has 0 aliphatic heterocycles. The first-order valence-electron chi connectivity index (χ1n) is 8.89. The Morgan fingerprint density at radius 2 is 1.24 bits per heavy atom. The number of hydrogen-bond acceptors (Lipinski definition) is 5. The van der Waals surface area contributed by atoms with Gasteiger partial charge in [0.15, 0.2) is 11.6 Å². The van der Waals surface area contributed by atoms with E-state index >= 15 is 0 Å². The zero-order valence-electron chi connectivity index (χ0n) is 15.5. The fourth-order valence-corrected chi connectivity index (χ4v) is 2.89. The second-order valence-electron chi connectivity index (χ2n) is 6.37. The Morgan fingerprint density at radius 3 is 1.79 bits per heavy atom. The average Bonchev–Trinajstić information content (AvgIpc) is 2.74. The summed E-state index contributed by atoms with van der Waals surface area (Å²) in [6.45, 7) is 0. The van der Waals surface area contributed by atoms with Crippen LogP contribution in [0.3, 0.4) is 0 Å². The Labute approximate surface area is 169 Å². The molecule has 0 spiro atoms. The molecule has 5 heteroatoms. The van der Waals surface area contributed by atoms with Crippen molar-refractivity contribution in [3.8, 4) is 24.7 Å².